The summed E-state index contributed by atoms with van der Waals surface area (Å²) < 4.78 is 2.33. The molecule has 0 bridgehead atoms. The molecule has 0 spiro atoms. The molecule has 3 rings (SSSR count). The lowest BCUT2D eigenvalue weighted by atomic mass is 10.2. The second kappa shape index (κ2) is 5.96. The minimum Gasteiger partial charge on any atom is -0.322 e. The molecule has 106 valence electrons. The summed E-state index contributed by atoms with van der Waals surface area (Å²) in [5, 5.41) is 0. The zero-order chi connectivity index (χ0) is 14.7. The highest BCUT2D eigenvalue weighted by Crippen LogP contribution is 2.24. The molecule has 0 aliphatic carbocycles. The van der Waals surface area contributed by atoms with Crippen LogP contribution in [0.3, 0.4) is 0 Å². The molecule has 0 saturated carbocycles. The van der Waals surface area contributed by atoms with Crippen molar-refractivity contribution in [1.82, 2.24) is 9.55 Å². The van der Waals surface area contributed by atoms with Gasteiger partial charge in [0, 0.05) is 6.04 Å². The number of nitrogens with zero attached hydrogens (tertiary/aromatic N) is 2. The number of fused-ring (bicyclic) bond motifs is 1. The first-order valence-electron chi connectivity index (χ1n) is 7.49. The van der Waals surface area contributed by atoms with E-state index in [-0.39, 0.29) is 0 Å². The van der Waals surface area contributed by atoms with Crippen LogP contribution in [0, 0.1) is 0 Å². The second-order valence-electron chi connectivity index (χ2n) is 5.33. The van der Waals surface area contributed by atoms with Gasteiger partial charge in [0.25, 0.3) is 0 Å². The van der Waals surface area contributed by atoms with E-state index in [1.54, 1.807) is 0 Å². The predicted molar refractivity (Wildman–Crippen MR) is 90.1 cm³/mol. The van der Waals surface area contributed by atoms with Crippen molar-refractivity contribution in [3.05, 3.63) is 66.0 Å². The van der Waals surface area contributed by atoms with Gasteiger partial charge in [0.05, 0.1) is 11.0 Å². The van der Waals surface area contributed by atoms with E-state index in [0.717, 1.165) is 17.8 Å². The van der Waals surface area contributed by atoms with E-state index in [1.165, 1.54) is 11.1 Å². The predicted octanol–water partition coefficient (Wildman–Crippen LogP) is 5.18. The van der Waals surface area contributed by atoms with Crippen LogP contribution in [0.2, 0.25) is 0 Å². The van der Waals surface area contributed by atoms with Gasteiger partial charge in [0.15, 0.2) is 0 Å². The maximum atomic E-state index is 4.77. The second-order valence-corrected chi connectivity index (χ2v) is 5.33. The molecule has 0 aliphatic heterocycles. The lowest BCUT2D eigenvalue weighted by molar-refractivity contribution is 0.541. The summed E-state index contributed by atoms with van der Waals surface area (Å²) in [5.74, 6) is 1.02. The van der Waals surface area contributed by atoms with Crippen LogP contribution in [0.5, 0.6) is 0 Å². The van der Waals surface area contributed by atoms with E-state index in [9.17, 15) is 0 Å². The van der Waals surface area contributed by atoms with Gasteiger partial charge in [-0.15, -0.1) is 0 Å². The molecule has 1 heterocycles. The molecule has 0 aliphatic rings. The summed E-state index contributed by atoms with van der Waals surface area (Å²) in [5.41, 5.74) is 3.46. The van der Waals surface area contributed by atoms with E-state index >= 15 is 0 Å². The summed E-state index contributed by atoms with van der Waals surface area (Å²) in [4.78, 5) is 4.77. The molecule has 1 unspecified atom stereocenters. The zero-order valence-corrected chi connectivity index (χ0v) is 12.5. The molecule has 1 aromatic heterocycles. The first-order valence-corrected chi connectivity index (χ1v) is 7.49. The molecular weight excluding hydrogens is 256 g/mol. The molecule has 1 atom stereocenters. The average Bonchev–Trinajstić information content (AvgIpc) is 2.91. The Bertz CT molecular complexity index is 754. The molecule has 21 heavy (non-hydrogen) atoms. The van der Waals surface area contributed by atoms with Gasteiger partial charge in [-0.05, 0) is 37.1 Å². The van der Waals surface area contributed by atoms with Crippen molar-refractivity contribution in [1.29, 1.82) is 0 Å². The van der Waals surface area contributed by atoms with Gasteiger partial charge in [-0.1, -0.05) is 55.5 Å². The van der Waals surface area contributed by atoms with E-state index in [1.807, 2.05) is 12.1 Å². The number of aromatic nitrogens is 2. The summed E-state index contributed by atoms with van der Waals surface area (Å²) in [6, 6.07) is 19.1. The number of rotatable bonds is 4. The Morgan fingerprint density at radius 1 is 1.00 bits per heavy atom. The van der Waals surface area contributed by atoms with Crippen LogP contribution in [0.15, 0.2) is 54.6 Å². The van der Waals surface area contributed by atoms with E-state index in [2.05, 4.69) is 73.0 Å². The molecule has 2 aromatic carbocycles. The van der Waals surface area contributed by atoms with Crippen LogP contribution < -0.4 is 0 Å². The largest absolute Gasteiger partial charge is 0.322 e. The van der Waals surface area contributed by atoms with Gasteiger partial charge in [-0.2, -0.15) is 0 Å². The Morgan fingerprint density at radius 2 is 1.71 bits per heavy atom. The van der Waals surface area contributed by atoms with Crippen LogP contribution in [-0.4, -0.2) is 9.55 Å². The first kappa shape index (κ1) is 13.6. The van der Waals surface area contributed by atoms with Crippen molar-refractivity contribution in [2.24, 2.45) is 0 Å². The zero-order valence-electron chi connectivity index (χ0n) is 12.5. The van der Waals surface area contributed by atoms with Gasteiger partial charge in [0.2, 0.25) is 0 Å². The van der Waals surface area contributed by atoms with Crippen molar-refractivity contribution in [3.8, 4) is 0 Å². The Balaban J connectivity index is 2.07. The number of para-hydroxylation sites is 2. The summed E-state index contributed by atoms with van der Waals surface area (Å²) in [6.07, 6.45) is 5.33. The summed E-state index contributed by atoms with van der Waals surface area (Å²) in [7, 11) is 0. The van der Waals surface area contributed by atoms with Gasteiger partial charge >= 0.3 is 0 Å². The standard InChI is InChI=1S/C19H20N2/c1-3-15(2)21-18-12-8-7-11-17(18)20-19(21)14-13-16-9-5-4-6-10-16/h4-15H,3H2,1-2H3/b14-13+. The Labute approximate surface area is 125 Å². The highest BCUT2D eigenvalue weighted by Gasteiger charge is 2.12. The van der Waals surface area contributed by atoms with Gasteiger partial charge in [-0.25, -0.2) is 4.98 Å². The fraction of sp³-hybridized carbons (Fsp3) is 0.211. The monoisotopic (exact) mass is 276 g/mol. The van der Waals surface area contributed by atoms with Crippen molar-refractivity contribution >= 4 is 23.2 Å². The van der Waals surface area contributed by atoms with E-state index in [4.69, 9.17) is 4.98 Å². The highest BCUT2D eigenvalue weighted by molar-refractivity contribution is 5.80. The van der Waals surface area contributed by atoms with Crippen molar-refractivity contribution in [2.45, 2.75) is 26.3 Å². The lowest BCUT2D eigenvalue weighted by Gasteiger charge is -2.14. The molecule has 0 amide bonds. The fourth-order valence-electron chi connectivity index (χ4n) is 2.56. The molecule has 0 saturated heterocycles. The number of hydrogen-bond acceptors (Lipinski definition) is 1. The van der Waals surface area contributed by atoms with Crippen LogP contribution >= 0.6 is 0 Å². The molecule has 2 heteroatoms. The minimum absolute atomic E-state index is 0.438. The summed E-state index contributed by atoms with van der Waals surface area (Å²) >= 11 is 0. The van der Waals surface area contributed by atoms with Crippen molar-refractivity contribution < 1.29 is 0 Å². The third-order valence-corrected chi connectivity index (χ3v) is 3.88. The molecular formula is C19H20N2. The maximum Gasteiger partial charge on any atom is 0.134 e. The van der Waals surface area contributed by atoms with Crippen LogP contribution in [0.25, 0.3) is 23.2 Å². The molecule has 3 aromatic rings. The third-order valence-electron chi connectivity index (χ3n) is 3.88. The molecule has 0 N–H and O–H groups in total. The SMILES string of the molecule is CCC(C)n1c(/C=C/c2ccccc2)nc2ccccc21. The highest BCUT2D eigenvalue weighted by atomic mass is 15.1. The smallest absolute Gasteiger partial charge is 0.134 e. The van der Waals surface area contributed by atoms with Crippen LogP contribution in [0.1, 0.15) is 37.7 Å². The van der Waals surface area contributed by atoms with Crippen molar-refractivity contribution in [2.75, 3.05) is 0 Å². The maximum absolute atomic E-state index is 4.77. The number of hydrogen-bond donors (Lipinski definition) is 0. The van der Waals surface area contributed by atoms with Gasteiger partial charge < -0.3 is 4.57 Å². The molecule has 2 nitrogen and oxygen atoms in total. The lowest BCUT2D eigenvalue weighted by Crippen LogP contribution is -2.05. The van der Waals surface area contributed by atoms with Crippen molar-refractivity contribution in [3.63, 3.8) is 0 Å². The minimum atomic E-state index is 0.438. The van der Waals surface area contributed by atoms with E-state index < -0.39 is 0 Å². The fourth-order valence-corrected chi connectivity index (χ4v) is 2.56. The first-order chi connectivity index (χ1) is 10.3. The number of imidazole rings is 1. The van der Waals surface area contributed by atoms with Gasteiger partial charge in [-0.3, -0.25) is 0 Å². The quantitative estimate of drug-likeness (QED) is 0.642. The average molecular weight is 276 g/mol. The van der Waals surface area contributed by atoms with E-state index in [0.29, 0.717) is 6.04 Å². The topological polar surface area (TPSA) is 17.8 Å². The molecule has 0 radical (unpaired) electrons. The third kappa shape index (κ3) is 2.75. The summed E-state index contributed by atoms with van der Waals surface area (Å²) in [6.45, 7) is 4.46. The van der Waals surface area contributed by atoms with Crippen LogP contribution in [-0.2, 0) is 0 Å². The Kier molecular flexibility index (Phi) is 3.87. The normalized spacial score (nSPS) is 13.0. The Hall–Kier alpha value is -2.35. The van der Waals surface area contributed by atoms with Crippen LogP contribution in [0.4, 0.5) is 0 Å². The molecule has 0 fully saturated rings. The number of benzene rings is 2. The Morgan fingerprint density at radius 3 is 2.48 bits per heavy atom. The van der Waals surface area contributed by atoms with Gasteiger partial charge in [0.1, 0.15) is 5.82 Å².